The number of pyridine rings is 1. The Morgan fingerprint density at radius 1 is 1.09 bits per heavy atom. The van der Waals surface area contributed by atoms with Crippen molar-refractivity contribution in [3.63, 3.8) is 0 Å². The van der Waals surface area contributed by atoms with E-state index in [-0.39, 0.29) is 30.7 Å². The summed E-state index contributed by atoms with van der Waals surface area (Å²) in [4.78, 5) is 19.2. The molecule has 2 saturated heterocycles. The number of nitrogens with zero attached hydrogens (tertiary/aromatic N) is 2. The normalized spacial score (nSPS) is 22.9. The molecule has 1 aromatic heterocycles. The number of halogens is 2. The Morgan fingerprint density at radius 3 is 2.74 bits per heavy atom. The van der Waals surface area contributed by atoms with Gasteiger partial charge in [0.05, 0.1) is 5.52 Å². The fourth-order valence-corrected chi connectivity index (χ4v) is 3.57. The molecule has 2 aliphatic rings. The zero-order valence-electron chi connectivity index (χ0n) is 12.8. The van der Waals surface area contributed by atoms with E-state index in [0.717, 1.165) is 49.4 Å². The molecular weight excluding hydrogens is 333 g/mol. The molecule has 0 spiro atoms. The maximum absolute atomic E-state index is 12.7. The van der Waals surface area contributed by atoms with Crippen LogP contribution >= 0.6 is 24.8 Å². The first-order chi connectivity index (χ1) is 10.3. The third-order valence-electron chi connectivity index (χ3n) is 4.81. The summed E-state index contributed by atoms with van der Waals surface area (Å²) in [5.74, 6) is 1.44. The number of carbonyl (C=O) groups excluding carboxylic acids is 1. The molecule has 2 atom stereocenters. The third-order valence-corrected chi connectivity index (χ3v) is 4.81. The molecule has 0 bridgehead atoms. The van der Waals surface area contributed by atoms with Crippen molar-refractivity contribution in [2.24, 2.45) is 11.8 Å². The molecule has 4 nitrogen and oxygen atoms in total. The number of likely N-dealkylation sites (tertiary alicyclic amines) is 1. The maximum atomic E-state index is 12.7. The van der Waals surface area contributed by atoms with Crippen LogP contribution in [-0.2, 0) is 0 Å². The van der Waals surface area contributed by atoms with Crippen LogP contribution in [0.1, 0.15) is 16.9 Å². The fourth-order valence-electron chi connectivity index (χ4n) is 3.57. The molecule has 2 aliphatic heterocycles. The monoisotopic (exact) mass is 353 g/mol. The van der Waals surface area contributed by atoms with E-state index in [1.165, 1.54) is 0 Å². The van der Waals surface area contributed by atoms with E-state index in [9.17, 15) is 4.79 Å². The minimum absolute atomic E-state index is 0. The van der Waals surface area contributed by atoms with E-state index < -0.39 is 0 Å². The first-order valence-corrected chi connectivity index (χ1v) is 7.67. The van der Waals surface area contributed by atoms with E-state index in [1.807, 2.05) is 41.3 Å². The number of hydrogen-bond acceptors (Lipinski definition) is 3. The first-order valence-electron chi connectivity index (χ1n) is 7.67. The lowest BCUT2D eigenvalue weighted by Crippen LogP contribution is -2.43. The van der Waals surface area contributed by atoms with Crippen molar-refractivity contribution in [3.05, 3.63) is 42.1 Å². The summed E-state index contributed by atoms with van der Waals surface area (Å²) in [5.41, 5.74) is 1.46. The molecule has 6 heteroatoms. The van der Waals surface area contributed by atoms with Crippen LogP contribution in [-0.4, -0.2) is 42.0 Å². The molecule has 124 valence electrons. The van der Waals surface area contributed by atoms with Gasteiger partial charge in [-0.1, -0.05) is 24.3 Å². The molecule has 4 rings (SSSR count). The van der Waals surface area contributed by atoms with Crippen molar-refractivity contribution in [3.8, 4) is 0 Å². The van der Waals surface area contributed by atoms with Gasteiger partial charge in [0, 0.05) is 18.5 Å². The molecular formula is C17H21Cl2N3O. The summed E-state index contributed by atoms with van der Waals surface area (Å²) >= 11 is 0. The molecule has 2 fully saturated rings. The van der Waals surface area contributed by atoms with Crippen LogP contribution in [0.25, 0.3) is 10.9 Å². The van der Waals surface area contributed by atoms with E-state index in [0.29, 0.717) is 11.6 Å². The van der Waals surface area contributed by atoms with Gasteiger partial charge >= 0.3 is 0 Å². The molecule has 1 N–H and O–H groups in total. The van der Waals surface area contributed by atoms with Gasteiger partial charge in [-0.05, 0) is 43.5 Å². The van der Waals surface area contributed by atoms with Crippen molar-refractivity contribution in [1.82, 2.24) is 15.2 Å². The molecule has 3 heterocycles. The Balaban J connectivity index is 0.000000960. The van der Waals surface area contributed by atoms with E-state index in [1.54, 1.807) is 0 Å². The van der Waals surface area contributed by atoms with Crippen molar-refractivity contribution in [2.75, 3.05) is 26.2 Å². The van der Waals surface area contributed by atoms with Gasteiger partial charge in [-0.25, -0.2) is 4.98 Å². The highest BCUT2D eigenvalue weighted by molar-refractivity contribution is 5.95. The third kappa shape index (κ3) is 3.44. The Morgan fingerprint density at radius 2 is 1.87 bits per heavy atom. The van der Waals surface area contributed by atoms with Crippen LogP contribution in [0.3, 0.4) is 0 Å². The van der Waals surface area contributed by atoms with E-state index in [2.05, 4.69) is 10.3 Å². The summed E-state index contributed by atoms with van der Waals surface area (Å²) in [7, 11) is 0. The van der Waals surface area contributed by atoms with Crippen LogP contribution < -0.4 is 5.32 Å². The first kappa shape index (κ1) is 18.0. The van der Waals surface area contributed by atoms with Crippen molar-refractivity contribution >= 4 is 41.6 Å². The second kappa shape index (κ2) is 7.47. The molecule has 1 aromatic carbocycles. The zero-order chi connectivity index (χ0) is 14.2. The molecule has 0 radical (unpaired) electrons. The number of nitrogens with one attached hydrogen (secondary N) is 1. The Labute approximate surface area is 148 Å². The van der Waals surface area contributed by atoms with Crippen LogP contribution in [0.4, 0.5) is 0 Å². The minimum Gasteiger partial charge on any atom is -0.337 e. The lowest BCUT2D eigenvalue weighted by atomic mass is 9.88. The van der Waals surface area contributed by atoms with Gasteiger partial charge < -0.3 is 10.2 Å². The summed E-state index contributed by atoms with van der Waals surface area (Å²) in [6.45, 7) is 3.88. The Kier molecular flexibility index (Phi) is 5.84. The predicted octanol–water partition coefficient (Wildman–Crippen LogP) is 2.76. The topological polar surface area (TPSA) is 45.2 Å². The van der Waals surface area contributed by atoms with Crippen LogP contribution in [0.2, 0.25) is 0 Å². The summed E-state index contributed by atoms with van der Waals surface area (Å²) in [6, 6.07) is 11.8. The number of rotatable bonds is 1. The van der Waals surface area contributed by atoms with E-state index in [4.69, 9.17) is 0 Å². The van der Waals surface area contributed by atoms with Gasteiger partial charge in [0.1, 0.15) is 5.69 Å². The second-order valence-corrected chi connectivity index (χ2v) is 6.11. The Bertz CT molecular complexity index is 694. The number of hydrogen-bond donors (Lipinski definition) is 1. The van der Waals surface area contributed by atoms with Gasteiger partial charge in [-0.15, -0.1) is 24.8 Å². The Hall–Kier alpha value is -1.36. The zero-order valence-corrected chi connectivity index (χ0v) is 14.4. The average molecular weight is 354 g/mol. The summed E-state index contributed by atoms with van der Waals surface area (Å²) < 4.78 is 0. The highest BCUT2D eigenvalue weighted by Gasteiger charge is 2.34. The largest absolute Gasteiger partial charge is 0.337 e. The van der Waals surface area contributed by atoms with Gasteiger partial charge in [0.15, 0.2) is 0 Å². The molecule has 0 aliphatic carbocycles. The average Bonchev–Trinajstić information content (AvgIpc) is 3.01. The highest BCUT2D eigenvalue weighted by Crippen LogP contribution is 2.27. The number of aromatic nitrogens is 1. The smallest absolute Gasteiger partial charge is 0.272 e. The van der Waals surface area contributed by atoms with Crippen LogP contribution in [0.15, 0.2) is 36.4 Å². The number of carbonyl (C=O) groups is 1. The maximum Gasteiger partial charge on any atom is 0.272 e. The summed E-state index contributed by atoms with van der Waals surface area (Å²) in [6.07, 6.45) is 1.11. The lowest BCUT2D eigenvalue weighted by molar-refractivity contribution is 0.0637. The fraction of sp³-hybridized carbons (Fsp3) is 0.412. The standard InChI is InChI=1S/C17H19N3O.2ClH/c21-17(20-8-7-13-9-18-10-14(13)11-20)16-6-5-12-3-1-2-4-15(12)19-16;;/h1-6,13-14,18H,7-11H2;2*1H. The highest BCUT2D eigenvalue weighted by atomic mass is 35.5. The van der Waals surface area contributed by atoms with Gasteiger partial charge in [0.25, 0.3) is 5.91 Å². The number of fused-ring (bicyclic) bond motifs is 2. The molecule has 23 heavy (non-hydrogen) atoms. The summed E-state index contributed by atoms with van der Waals surface area (Å²) in [5, 5.41) is 4.51. The lowest BCUT2D eigenvalue weighted by Gasteiger charge is -2.34. The minimum atomic E-state index is 0. The van der Waals surface area contributed by atoms with Crippen molar-refractivity contribution in [2.45, 2.75) is 6.42 Å². The number of benzene rings is 1. The molecule has 2 unspecified atom stereocenters. The van der Waals surface area contributed by atoms with Crippen LogP contribution in [0.5, 0.6) is 0 Å². The van der Waals surface area contributed by atoms with Crippen molar-refractivity contribution in [1.29, 1.82) is 0 Å². The molecule has 1 amide bonds. The quantitative estimate of drug-likeness (QED) is 0.857. The van der Waals surface area contributed by atoms with Crippen LogP contribution in [0, 0.1) is 11.8 Å². The number of piperidine rings is 1. The van der Waals surface area contributed by atoms with Gasteiger partial charge in [0.2, 0.25) is 0 Å². The molecule has 2 aromatic rings. The number of para-hydroxylation sites is 1. The predicted molar refractivity (Wildman–Crippen MR) is 96.6 cm³/mol. The van der Waals surface area contributed by atoms with Crippen molar-refractivity contribution < 1.29 is 4.79 Å². The number of amides is 1. The van der Waals surface area contributed by atoms with Gasteiger partial charge in [-0.3, -0.25) is 4.79 Å². The molecule has 0 saturated carbocycles. The SMILES string of the molecule is Cl.Cl.O=C(c1ccc2ccccc2n1)N1CCC2CNCC2C1. The van der Waals surface area contributed by atoms with E-state index >= 15 is 0 Å². The second-order valence-electron chi connectivity index (χ2n) is 6.11. The van der Waals surface area contributed by atoms with Gasteiger partial charge in [-0.2, -0.15) is 0 Å².